The van der Waals surface area contributed by atoms with E-state index in [1.807, 2.05) is 35.2 Å². The molecule has 1 amide bonds. The Bertz CT molecular complexity index is 621. The standard InChI is InChI=1S/C16H17BrN2O/c17-11-12-5-8-19(9-6-12)16(20)14-3-4-15-13(10-14)2-1-7-18-15/h1-4,7,10,12H,5-6,8-9,11H2. The summed E-state index contributed by atoms with van der Waals surface area (Å²) < 4.78 is 0. The minimum atomic E-state index is 0.142. The monoisotopic (exact) mass is 332 g/mol. The lowest BCUT2D eigenvalue weighted by Crippen LogP contribution is -2.38. The molecule has 104 valence electrons. The Morgan fingerprint density at radius 1 is 1.30 bits per heavy atom. The molecule has 1 aromatic carbocycles. The van der Waals surface area contributed by atoms with Crippen LogP contribution in [0.3, 0.4) is 0 Å². The zero-order valence-corrected chi connectivity index (χ0v) is 12.8. The number of halogens is 1. The van der Waals surface area contributed by atoms with Crippen molar-refractivity contribution < 1.29 is 4.79 Å². The summed E-state index contributed by atoms with van der Waals surface area (Å²) in [5.41, 5.74) is 1.70. The van der Waals surface area contributed by atoms with Gasteiger partial charge in [-0.3, -0.25) is 9.78 Å². The second kappa shape index (κ2) is 5.92. The molecule has 2 aromatic rings. The van der Waals surface area contributed by atoms with Crippen molar-refractivity contribution in [3.05, 3.63) is 42.1 Å². The number of rotatable bonds is 2. The third kappa shape index (κ3) is 2.70. The van der Waals surface area contributed by atoms with Gasteiger partial charge in [0.15, 0.2) is 0 Å². The van der Waals surface area contributed by atoms with Crippen molar-refractivity contribution in [1.29, 1.82) is 0 Å². The van der Waals surface area contributed by atoms with Gasteiger partial charge in [0.05, 0.1) is 5.52 Å². The molecular formula is C16H17BrN2O. The molecule has 0 N–H and O–H groups in total. The Morgan fingerprint density at radius 3 is 2.85 bits per heavy atom. The van der Waals surface area contributed by atoms with E-state index in [1.54, 1.807) is 6.20 Å². The molecule has 0 unspecified atom stereocenters. The van der Waals surface area contributed by atoms with Gasteiger partial charge in [-0.1, -0.05) is 22.0 Å². The summed E-state index contributed by atoms with van der Waals surface area (Å²) in [6, 6.07) is 9.65. The van der Waals surface area contributed by atoms with Crippen LogP contribution in [0.5, 0.6) is 0 Å². The number of benzene rings is 1. The fourth-order valence-corrected chi connectivity index (χ4v) is 3.33. The molecular weight excluding hydrogens is 316 g/mol. The largest absolute Gasteiger partial charge is 0.339 e. The zero-order chi connectivity index (χ0) is 13.9. The third-order valence-corrected chi connectivity index (χ3v) is 4.89. The molecule has 1 aliphatic rings. The molecule has 2 heterocycles. The quantitative estimate of drug-likeness (QED) is 0.789. The molecule has 0 bridgehead atoms. The molecule has 0 saturated carbocycles. The lowest BCUT2D eigenvalue weighted by Gasteiger charge is -2.31. The van der Waals surface area contributed by atoms with E-state index < -0.39 is 0 Å². The van der Waals surface area contributed by atoms with Crippen LogP contribution in [0.4, 0.5) is 0 Å². The van der Waals surface area contributed by atoms with Gasteiger partial charge in [-0.05, 0) is 43.0 Å². The van der Waals surface area contributed by atoms with Gasteiger partial charge in [-0.15, -0.1) is 0 Å². The topological polar surface area (TPSA) is 33.2 Å². The molecule has 3 rings (SSSR count). The van der Waals surface area contributed by atoms with E-state index >= 15 is 0 Å². The van der Waals surface area contributed by atoms with Gasteiger partial charge in [-0.2, -0.15) is 0 Å². The van der Waals surface area contributed by atoms with Crippen molar-refractivity contribution >= 4 is 32.7 Å². The molecule has 1 fully saturated rings. The second-order valence-electron chi connectivity index (χ2n) is 5.30. The molecule has 0 radical (unpaired) electrons. The van der Waals surface area contributed by atoms with Crippen molar-refractivity contribution in [3.63, 3.8) is 0 Å². The van der Waals surface area contributed by atoms with Crippen LogP contribution in [0.2, 0.25) is 0 Å². The van der Waals surface area contributed by atoms with Crippen LogP contribution >= 0.6 is 15.9 Å². The summed E-state index contributed by atoms with van der Waals surface area (Å²) in [6.45, 7) is 1.72. The van der Waals surface area contributed by atoms with Crippen molar-refractivity contribution in [1.82, 2.24) is 9.88 Å². The van der Waals surface area contributed by atoms with Crippen LogP contribution in [0.25, 0.3) is 10.9 Å². The van der Waals surface area contributed by atoms with E-state index in [9.17, 15) is 4.79 Å². The first-order valence-corrected chi connectivity index (χ1v) is 8.10. The van der Waals surface area contributed by atoms with Crippen molar-refractivity contribution in [2.24, 2.45) is 5.92 Å². The van der Waals surface area contributed by atoms with Crippen LogP contribution in [0.15, 0.2) is 36.5 Å². The molecule has 1 aromatic heterocycles. The number of carbonyl (C=O) groups is 1. The van der Waals surface area contributed by atoms with Gasteiger partial charge in [0.2, 0.25) is 0 Å². The highest BCUT2D eigenvalue weighted by Gasteiger charge is 2.23. The number of hydrogen-bond donors (Lipinski definition) is 0. The summed E-state index contributed by atoms with van der Waals surface area (Å²) in [6.07, 6.45) is 3.95. The number of pyridine rings is 1. The van der Waals surface area contributed by atoms with Gasteiger partial charge < -0.3 is 4.90 Å². The second-order valence-corrected chi connectivity index (χ2v) is 5.95. The number of carbonyl (C=O) groups excluding carboxylic acids is 1. The minimum absolute atomic E-state index is 0.142. The number of alkyl halides is 1. The summed E-state index contributed by atoms with van der Waals surface area (Å²) in [4.78, 5) is 18.8. The average molecular weight is 333 g/mol. The van der Waals surface area contributed by atoms with E-state index in [0.29, 0.717) is 5.92 Å². The zero-order valence-electron chi connectivity index (χ0n) is 11.3. The van der Waals surface area contributed by atoms with Crippen LogP contribution in [-0.2, 0) is 0 Å². The lowest BCUT2D eigenvalue weighted by atomic mass is 9.98. The summed E-state index contributed by atoms with van der Waals surface area (Å²) in [5.74, 6) is 0.851. The highest BCUT2D eigenvalue weighted by atomic mass is 79.9. The SMILES string of the molecule is O=C(c1ccc2ncccc2c1)N1CCC(CBr)CC1. The molecule has 1 saturated heterocycles. The van der Waals surface area contributed by atoms with Crippen molar-refractivity contribution in [2.45, 2.75) is 12.8 Å². The van der Waals surface area contributed by atoms with Crippen LogP contribution in [0.1, 0.15) is 23.2 Å². The Kier molecular flexibility index (Phi) is 4.01. The molecule has 4 heteroatoms. The number of nitrogens with zero attached hydrogens (tertiary/aromatic N) is 2. The van der Waals surface area contributed by atoms with E-state index in [2.05, 4.69) is 20.9 Å². The van der Waals surface area contributed by atoms with Crippen molar-refractivity contribution in [3.8, 4) is 0 Å². The first-order valence-electron chi connectivity index (χ1n) is 6.98. The molecule has 0 atom stereocenters. The Hall–Kier alpha value is -1.42. The fraction of sp³-hybridized carbons (Fsp3) is 0.375. The molecule has 0 spiro atoms. The summed E-state index contributed by atoms with van der Waals surface area (Å²) in [5, 5.41) is 2.06. The number of amides is 1. The predicted octanol–water partition coefficient (Wildman–Crippen LogP) is 3.48. The third-order valence-electron chi connectivity index (χ3n) is 3.97. The number of hydrogen-bond acceptors (Lipinski definition) is 2. The van der Waals surface area contributed by atoms with Gasteiger partial charge in [0, 0.05) is 35.6 Å². The number of piperidine rings is 1. The average Bonchev–Trinajstić information content (AvgIpc) is 2.54. The van der Waals surface area contributed by atoms with E-state index in [-0.39, 0.29) is 5.91 Å². The first-order chi connectivity index (χ1) is 9.78. The van der Waals surface area contributed by atoms with Gasteiger partial charge in [0.1, 0.15) is 0 Å². The number of likely N-dealkylation sites (tertiary alicyclic amines) is 1. The van der Waals surface area contributed by atoms with Crippen LogP contribution < -0.4 is 0 Å². The Balaban J connectivity index is 1.79. The minimum Gasteiger partial charge on any atom is -0.339 e. The highest BCUT2D eigenvalue weighted by Crippen LogP contribution is 2.21. The van der Waals surface area contributed by atoms with E-state index in [4.69, 9.17) is 0 Å². The maximum absolute atomic E-state index is 12.5. The highest BCUT2D eigenvalue weighted by molar-refractivity contribution is 9.09. The van der Waals surface area contributed by atoms with Gasteiger partial charge >= 0.3 is 0 Å². The first kappa shape index (κ1) is 13.6. The maximum Gasteiger partial charge on any atom is 0.253 e. The number of fused-ring (bicyclic) bond motifs is 1. The molecule has 0 aliphatic carbocycles. The Labute approximate surface area is 127 Å². The molecule has 1 aliphatic heterocycles. The predicted molar refractivity (Wildman–Crippen MR) is 84.2 cm³/mol. The van der Waals surface area contributed by atoms with E-state index in [0.717, 1.165) is 47.7 Å². The fourth-order valence-electron chi connectivity index (χ4n) is 2.68. The number of aromatic nitrogens is 1. The Morgan fingerprint density at radius 2 is 2.10 bits per heavy atom. The van der Waals surface area contributed by atoms with Crippen LogP contribution in [-0.4, -0.2) is 34.2 Å². The van der Waals surface area contributed by atoms with Crippen LogP contribution in [0, 0.1) is 5.92 Å². The van der Waals surface area contributed by atoms with Gasteiger partial charge in [0.25, 0.3) is 5.91 Å². The van der Waals surface area contributed by atoms with Gasteiger partial charge in [-0.25, -0.2) is 0 Å². The van der Waals surface area contributed by atoms with Crippen molar-refractivity contribution in [2.75, 3.05) is 18.4 Å². The molecule has 3 nitrogen and oxygen atoms in total. The normalized spacial score (nSPS) is 16.6. The summed E-state index contributed by atoms with van der Waals surface area (Å²) in [7, 11) is 0. The summed E-state index contributed by atoms with van der Waals surface area (Å²) >= 11 is 3.53. The molecule has 20 heavy (non-hydrogen) atoms. The smallest absolute Gasteiger partial charge is 0.253 e. The van der Waals surface area contributed by atoms with E-state index in [1.165, 1.54) is 0 Å². The maximum atomic E-state index is 12.5. The lowest BCUT2D eigenvalue weighted by molar-refractivity contribution is 0.0699.